The first-order chi connectivity index (χ1) is 0. The largest absolute Gasteiger partial charge is 0 e. The second-order valence-electron chi connectivity index (χ2n) is 0. The molecule has 24 valence electrons. The van der Waals surface area contributed by atoms with E-state index in [1.54, 1.807) is 0 Å². The molecule has 0 bridgehead atoms. The van der Waals surface area contributed by atoms with Crippen LogP contribution in [0.5, 0.6) is 0 Å². The Morgan fingerprint density at radius 3 is 1.00 bits per heavy atom. The molecule has 0 aromatic carbocycles. The van der Waals surface area contributed by atoms with Gasteiger partial charge in [0, 0.05) is 92.3 Å². The second kappa shape index (κ2) is 15.6. The maximum absolute atomic E-state index is 0. The fourth-order valence-corrected chi connectivity index (χ4v) is 0. The number of hydrogen-bond acceptors (Lipinski definition) is 0. The van der Waals surface area contributed by atoms with Gasteiger partial charge in [0.25, 0.3) is 0 Å². The van der Waals surface area contributed by atoms with Crippen LogP contribution >= 0.6 is 0 Å². The molecule has 4 heteroatoms. The Hall–Kier alpha value is 4.60. The van der Waals surface area contributed by atoms with Crippen LogP contribution in [0.15, 0.2) is 0 Å². The van der Waals surface area contributed by atoms with Crippen LogP contribution in [-0.4, -0.2) is 48.9 Å². The van der Waals surface area contributed by atoms with Gasteiger partial charge in [-0.15, -0.1) is 0 Å². The van der Waals surface area contributed by atoms with E-state index in [9.17, 15) is 0 Å². The molecule has 4 heavy (non-hydrogen) atoms. The van der Waals surface area contributed by atoms with Gasteiger partial charge in [-0.05, 0) is 0 Å². The summed E-state index contributed by atoms with van der Waals surface area (Å²) >= 11 is 0. The Labute approximate surface area is 137 Å². The van der Waals surface area contributed by atoms with E-state index in [0.29, 0.717) is 0 Å². The molecule has 0 amide bonds. The predicted octanol–water partition coefficient (Wildman–Crippen LogP) is -0.919. The van der Waals surface area contributed by atoms with Crippen molar-refractivity contribution in [1.82, 2.24) is 0 Å². The molecule has 0 aromatic rings. The molecule has 0 spiro atoms. The summed E-state index contributed by atoms with van der Waals surface area (Å²) in [7, 11) is 0. The van der Waals surface area contributed by atoms with Crippen LogP contribution in [0.1, 0.15) is 0 Å². The van der Waals surface area contributed by atoms with Gasteiger partial charge in [-0.2, -0.15) is 0 Å². The van der Waals surface area contributed by atoms with Crippen molar-refractivity contribution in [3.8, 4) is 0 Å². The molecule has 0 saturated carbocycles. The first-order valence-electron chi connectivity index (χ1n) is 0. The molecule has 0 aliphatic rings. The maximum Gasteiger partial charge on any atom is 0 e. The molecular weight excluding hydrogens is 492 g/mol. The van der Waals surface area contributed by atoms with Gasteiger partial charge in [0.2, 0.25) is 0 Å². The van der Waals surface area contributed by atoms with Crippen molar-refractivity contribution in [2.24, 2.45) is 0 Å². The van der Waals surface area contributed by atoms with E-state index in [-0.39, 0.29) is 141 Å². The molecule has 0 atom stereocenters. The van der Waals surface area contributed by atoms with E-state index < -0.39 is 0 Å². The monoisotopic (exact) mass is 496 g/mol. The molecule has 0 nitrogen and oxygen atoms in total. The van der Waals surface area contributed by atoms with Gasteiger partial charge in [-0.25, -0.2) is 0 Å². The fraction of sp³-hybridized carbons (Fsp3) is 0. The minimum Gasteiger partial charge on any atom is 0 e. The van der Waals surface area contributed by atoms with Crippen LogP contribution in [0, 0.1) is 75.5 Å². The summed E-state index contributed by atoms with van der Waals surface area (Å²) in [6.07, 6.45) is 0. The second-order valence-corrected chi connectivity index (χ2v) is 0. The summed E-state index contributed by atoms with van der Waals surface area (Å²) in [5.41, 5.74) is 0. The molecule has 0 rings (SSSR count). The van der Waals surface area contributed by atoms with Crippen molar-refractivity contribution in [1.29, 1.82) is 0 Å². The average molecular weight is 494 g/mol. The number of rotatable bonds is 0. The topological polar surface area (TPSA) is 0 Å². The third-order valence-electron chi connectivity index (χ3n) is 0. The standard InChI is InChI=1S/Ba.Co.Gd.La.2H. The van der Waals surface area contributed by atoms with Crippen LogP contribution < -0.4 is 0 Å². The molecule has 2 radical (unpaired) electrons. The molecule has 0 aliphatic carbocycles. The quantitative estimate of drug-likeness (QED) is 0.383. The minimum absolute atomic E-state index is 0. The summed E-state index contributed by atoms with van der Waals surface area (Å²) < 4.78 is 0. The van der Waals surface area contributed by atoms with E-state index in [0.717, 1.165) is 0 Å². The summed E-state index contributed by atoms with van der Waals surface area (Å²) in [5, 5.41) is 0. The smallest absolute Gasteiger partial charge is 0 e. The van der Waals surface area contributed by atoms with E-state index >= 15 is 0 Å². The van der Waals surface area contributed by atoms with Crippen LogP contribution in [0.2, 0.25) is 0 Å². The summed E-state index contributed by atoms with van der Waals surface area (Å²) in [5.74, 6) is 0. The maximum atomic E-state index is 0. The molecule has 0 aromatic heterocycles. The summed E-state index contributed by atoms with van der Waals surface area (Å²) in [6, 6.07) is 0. The summed E-state index contributed by atoms with van der Waals surface area (Å²) in [6.45, 7) is 0. The number of hydrogen-bond donors (Lipinski definition) is 0. The Balaban J connectivity index is 0. The van der Waals surface area contributed by atoms with Crippen LogP contribution in [0.25, 0.3) is 0 Å². The van der Waals surface area contributed by atoms with Gasteiger partial charge in [-0.1, -0.05) is 0 Å². The van der Waals surface area contributed by atoms with Crippen molar-refractivity contribution in [2.45, 2.75) is 0 Å². The van der Waals surface area contributed by atoms with E-state index in [1.807, 2.05) is 0 Å². The zero-order valence-corrected chi connectivity index (χ0v) is 8.20. The first-order valence-corrected chi connectivity index (χ1v) is 0. The predicted molar refractivity (Wildman–Crippen MR) is 8.54 cm³/mol. The van der Waals surface area contributed by atoms with Gasteiger partial charge < -0.3 is 0 Å². The van der Waals surface area contributed by atoms with Crippen molar-refractivity contribution in [3.63, 3.8) is 0 Å². The van der Waals surface area contributed by atoms with Crippen molar-refractivity contribution >= 4 is 48.9 Å². The van der Waals surface area contributed by atoms with Gasteiger partial charge in [0.1, 0.15) is 0 Å². The Morgan fingerprint density at radius 1 is 1.00 bits per heavy atom. The van der Waals surface area contributed by atoms with Gasteiger partial charge in [-0.3, -0.25) is 0 Å². The van der Waals surface area contributed by atoms with E-state index in [1.165, 1.54) is 0 Å². The molecule has 0 saturated heterocycles. The third kappa shape index (κ3) is 9.78. The molecule has 0 aliphatic heterocycles. The average Bonchev–Trinajstić information content (AvgIpc) is 0. The van der Waals surface area contributed by atoms with Crippen LogP contribution in [0.4, 0.5) is 0 Å². The zero-order chi connectivity index (χ0) is 0. The molecule has 0 heterocycles. The van der Waals surface area contributed by atoms with E-state index in [2.05, 4.69) is 0 Å². The Kier molecular flexibility index (Phi) is 91.8. The van der Waals surface area contributed by atoms with Crippen LogP contribution in [-0.2, 0) is 16.8 Å². The first kappa shape index (κ1) is 23.5. The Morgan fingerprint density at radius 2 is 1.00 bits per heavy atom. The summed E-state index contributed by atoms with van der Waals surface area (Å²) in [4.78, 5) is 0. The minimum atomic E-state index is 0. The Bertz CT molecular complexity index is 8.00. The third-order valence-corrected chi connectivity index (χ3v) is 0. The van der Waals surface area contributed by atoms with Crippen LogP contribution in [0.3, 0.4) is 0 Å². The normalized spacial score (nSPS) is 0. The van der Waals surface area contributed by atoms with E-state index in [4.69, 9.17) is 0 Å². The van der Waals surface area contributed by atoms with Gasteiger partial charge >= 0.3 is 48.9 Å². The SMILES string of the molecule is [BaH2].[Co].[Gd].[La]. The van der Waals surface area contributed by atoms with Gasteiger partial charge in [0.15, 0.2) is 0 Å². The molecular formula is H2BaCoGdLa. The van der Waals surface area contributed by atoms with Crippen molar-refractivity contribution in [3.05, 3.63) is 0 Å². The fourth-order valence-electron chi connectivity index (χ4n) is 0. The van der Waals surface area contributed by atoms with Crippen molar-refractivity contribution in [2.75, 3.05) is 0 Å². The zero-order valence-electron chi connectivity index (χ0n) is 1.26. The molecule has 0 unspecified atom stereocenters. The molecule has 0 fully saturated rings. The molecule has 0 N–H and O–H groups in total. The van der Waals surface area contributed by atoms with Crippen molar-refractivity contribution < 1.29 is 92.3 Å². The van der Waals surface area contributed by atoms with Gasteiger partial charge in [0.05, 0.1) is 0 Å².